The van der Waals surface area contributed by atoms with Crippen molar-refractivity contribution in [2.24, 2.45) is 0 Å². The molecular formula is C10H14F2N3+. The third kappa shape index (κ3) is 2.41. The second-order valence-electron chi connectivity index (χ2n) is 3.60. The number of halogens is 2. The minimum absolute atomic E-state index is 0.151. The molecule has 1 aliphatic heterocycles. The molecule has 0 radical (unpaired) electrons. The van der Waals surface area contributed by atoms with Crippen molar-refractivity contribution >= 4 is 5.69 Å². The first-order chi connectivity index (χ1) is 7.27. The number of hydrogen-bond donors (Lipinski definition) is 1. The molecule has 82 valence electrons. The van der Waals surface area contributed by atoms with Gasteiger partial charge in [0, 0.05) is 0 Å². The van der Waals surface area contributed by atoms with E-state index in [9.17, 15) is 8.78 Å². The second kappa shape index (κ2) is 4.53. The summed E-state index contributed by atoms with van der Waals surface area (Å²) < 4.78 is 24.5. The molecular weight excluding hydrogens is 200 g/mol. The predicted octanol–water partition coefficient (Wildman–Crippen LogP) is 0.403. The van der Waals surface area contributed by atoms with Crippen LogP contribution in [0.25, 0.3) is 0 Å². The lowest BCUT2D eigenvalue weighted by molar-refractivity contribution is -0.655. The topological polar surface area (TPSA) is 32.7 Å². The van der Waals surface area contributed by atoms with Crippen molar-refractivity contribution in [3.05, 3.63) is 24.0 Å². The number of nitrogens with zero attached hydrogens (tertiary/aromatic N) is 2. The molecule has 0 atom stereocenters. The Balaban J connectivity index is 2.08. The molecule has 0 bridgehead atoms. The average Bonchev–Trinajstić information content (AvgIpc) is 2.30. The molecule has 2 N–H and O–H groups in total. The first-order valence-corrected chi connectivity index (χ1v) is 5.08. The summed E-state index contributed by atoms with van der Waals surface area (Å²) in [6.45, 7) is 4.01. The molecule has 5 heteroatoms. The van der Waals surface area contributed by atoms with Crippen LogP contribution in [0.2, 0.25) is 0 Å². The molecule has 2 rings (SSSR count). The number of hydrogen-bond acceptors (Lipinski definition) is 2. The van der Waals surface area contributed by atoms with Gasteiger partial charge >= 0.3 is 0 Å². The Kier molecular flexibility index (Phi) is 3.11. The highest BCUT2D eigenvalue weighted by Gasteiger charge is 2.14. The second-order valence-corrected chi connectivity index (χ2v) is 3.60. The van der Waals surface area contributed by atoms with Crippen molar-refractivity contribution in [1.29, 1.82) is 0 Å². The van der Waals surface area contributed by atoms with Crippen molar-refractivity contribution in [3.8, 4) is 0 Å². The van der Waals surface area contributed by atoms with Crippen LogP contribution in [0.4, 0.5) is 14.5 Å². The fourth-order valence-electron chi connectivity index (χ4n) is 1.72. The Morgan fingerprint density at radius 2 is 2.00 bits per heavy atom. The summed E-state index contributed by atoms with van der Waals surface area (Å²) in [5, 5.41) is 2.25. The van der Waals surface area contributed by atoms with Gasteiger partial charge in [-0.3, -0.25) is 4.98 Å². The average molecular weight is 214 g/mol. The minimum Gasteiger partial charge on any atom is -0.359 e. The number of quaternary nitrogens is 1. The molecule has 1 aliphatic rings. The van der Waals surface area contributed by atoms with Crippen molar-refractivity contribution in [2.75, 3.05) is 31.1 Å². The van der Waals surface area contributed by atoms with E-state index in [0.717, 1.165) is 31.9 Å². The molecule has 0 amide bonds. The normalized spacial score (nSPS) is 17.1. The van der Waals surface area contributed by atoms with Gasteiger partial charge in [-0.2, -0.15) is 0 Å². The zero-order chi connectivity index (χ0) is 10.7. The van der Waals surface area contributed by atoms with Crippen LogP contribution >= 0.6 is 0 Å². The lowest BCUT2D eigenvalue weighted by Gasteiger charge is -2.26. The van der Waals surface area contributed by atoms with E-state index >= 15 is 0 Å². The van der Waals surface area contributed by atoms with E-state index in [1.165, 1.54) is 12.3 Å². The fourth-order valence-corrected chi connectivity index (χ4v) is 1.72. The minimum atomic E-state index is -2.48. The van der Waals surface area contributed by atoms with Crippen molar-refractivity contribution in [2.45, 2.75) is 6.43 Å². The number of rotatable bonds is 2. The third-order valence-electron chi connectivity index (χ3n) is 2.57. The lowest BCUT2D eigenvalue weighted by Crippen LogP contribution is -2.89. The van der Waals surface area contributed by atoms with E-state index in [0.29, 0.717) is 0 Å². The Hall–Kier alpha value is -1.23. The zero-order valence-electron chi connectivity index (χ0n) is 8.37. The Morgan fingerprint density at radius 3 is 2.53 bits per heavy atom. The molecule has 1 saturated heterocycles. The van der Waals surface area contributed by atoms with Crippen LogP contribution in [0.15, 0.2) is 18.3 Å². The number of anilines is 1. The van der Waals surface area contributed by atoms with Crippen LogP contribution in [-0.4, -0.2) is 31.2 Å². The number of nitrogens with two attached hydrogens (primary N) is 1. The van der Waals surface area contributed by atoms with Gasteiger partial charge in [0.05, 0.1) is 38.1 Å². The van der Waals surface area contributed by atoms with Gasteiger partial charge in [0.2, 0.25) is 0 Å². The molecule has 15 heavy (non-hydrogen) atoms. The van der Waals surface area contributed by atoms with Crippen LogP contribution in [0.1, 0.15) is 12.1 Å². The summed E-state index contributed by atoms with van der Waals surface area (Å²) >= 11 is 0. The largest absolute Gasteiger partial charge is 0.359 e. The van der Waals surface area contributed by atoms with Crippen LogP contribution in [-0.2, 0) is 0 Å². The van der Waals surface area contributed by atoms with E-state index in [1.807, 2.05) is 0 Å². The molecule has 0 aliphatic carbocycles. The number of alkyl halides is 2. The Bertz CT molecular complexity index is 307. The number of piperazine rings is 1. The fraction of sp³-hybridized carbons (Fsp3) is 0.500. The third-order valence-corrected chi connectivity index (χ3v) is 2.57. The summed E-state index contributed by atoms with van der Waals surface area (Å²) in [4.78, 5) is 5.92. The summed E-state index contributed by atoms with van der Waals surface area (Å²) in [5.41, 5.74) is 0.787. The van der Waals surface area contributed by atoms with Gasteiger partial charge in [0.25, 0.3) is 6.43 Å². The summed E-state index contributed by atoms with van der Waals surface area (Å²) in [7, 11) is 0. The van der Waals surface area contributed by atoms with Gasteiger partial charge < -0.3 is 10.2 Å². The van der Waals surface area contributed by atoms with Crippen LogP contribution in [0, 0.1) is 0 Å². The first-order valence-electron chi connectivity index (χ1n) is 5.08. The van der Waals surface area contributed by atoms with E-state index in [1.54, 1.807) is 6.07 Å². The highest BCUT2D eigenvalue weighted by atomic mass is 19.3. The molecule has 0 aromatic carbocycles. The molecule has 1 aromatic heterocycles. The van der Waals surface area contributed by atoms with Gasteiger partial charge in [0.1, 0.15) is 5.69 Å². The zero-order valence-corrected chi connectivity index (χ0v) is 8.37. The highest BCUT2D eigenvalue weighted by Crippen LogP contribution is 2.19. The lowest BCUT2D eigenvalue weighted by atomic mass is 10.3. The smallest absolute Gasteiger partial charge is 0.280 e. The maximum Gasteiger partial charge on any atom is 0.280 e. The first kappa shape index (κ1) is 10.3. The maximum atomic E-state index is 12.3. The van der Waals surface area contributed by atoms with E-state index in [-0.39, 0.29) is 5.69 Å². The summed E-state index contributed by atoms with van der Waals surface area (Å²) in [6, 6.07) is 3.12. The molecule has 0 spiro atoms. The van der Waals surface area contributed by atoms with E-state index in [4.69, 9.17) is 0 Å². The SMILES string of the molecule is FC(F)c1ccc(N2CC[NH2+]CC2)cn1. The molecule has 0 saturated carbocycles. The summed E-state index contributed by atoms with van der Waals surface area (Å²) in [5.74, 6) is 0. The number of aromatic nitrogens is 1. The maximum absolute atomic E-state index is 12.3. The van der Waals surface area contributed by atoms with Crippen molar-refractivity contribution < 1.29 is 14.1 Å². The standard InChI is InChI=1S/C10H13F2N3/c11-10(12)9-2-1-8(7-14-9)15-5-3-13-4-6-15/h1-2,7,10,13H,3-6H2/p+1. The molecule has 3 nitrogen and oxygen atoms in total. The highest BCUT2D eigenvalue weighted by molar-refractivity contribution is 5.44. The van der Waals surface area contributed by atoms with Gasteiger partial charge in [-0.25, -0.2) is 8.78 Å². The molecule has 1 aromatic rings. The summed E-state index contributed by atoms with van der Waals surface area (Å²) in [6.07, 6.45) is -0.943. The van der Waals surface area contributed by atoms with Crippen molar-refractivity contribution in [1.82, 2.24) is 4.98 Å². The van der Waals surface area contributed by atoms with Crippen LogP contribution in [0.5, 0.6) is 0 Å². The Labute approximate surface area is 87.1 Å². The van der Waals surface area contributed by atoms with Gasteiger partial charge in [0.15, 0.2) is 0 Å². The predicted molar refractivity (Wildman–Crippen MR) is 53.1 cm³/mol. The van der Waals surface area contributed by atoms with E-state index < -0.39 is 6.43 Å². The van der Waals surface area contributed by atoms with Crippen LogP contribution in [0.3, 0.4) is 0 Å². The van der Waals surface area contributed by atoms with Gasteiger partial charge in [-0.15, -0.1) is 0 Å². The number of pyridine rings is 1. The van der Waals surface area contributed by atoms with Crippen molar-refractivity contribution in [3.63, 3.8) is 0 Å². The molecule has 2 heterocycles. The van der Waals surface area contributed by atoms with E-state index in [2.05, 4.69) is 15.2 Å². The van der Waals surface area contributed by atoms with Crippen LogP contribution < -0.4 is 10.2 Å². The monoisotopic (exact) mass is 214 g/mol. The molecule has 0 unspecified atom stereocenters. The molecule has 1 fully saturated rings. The van der Waals surface area contributed by atoms with Gasteiger partial charge in [-0.05, 0) is 12.1 Å². The van der Waals surface area contributed by atoms with Gasteiger partial charge in [-0.1, -0.05) is 0 Å². The quantitative estimate of drug-likeness (QED) is 0.773. The Morgan fingerprint density at radius 1 is 1.27 bits per heavy atom.